The molecule has 3 heteroatoms. The second-order valence-corrected chi connectivity index (χ2v) is 5.34. The van der Waals surface area contributed by atoms with E-state index in [0.29, 0.717) is 4.88 Å². The van der Waals surface area contributed by atoms with Crippen molar-refractivity contribution in [3.8, 4) is 11.8 Å². The van der Waals surface area contributed by atoms with E-state index in [1.807, 2.05) is 6.07 Å². The summed E-state index contributed by atoms with van der Waals surface area (Å²) in [6.45, 7) is 6.19. The summed E-state index contributed by atoms with van der Waals surface area (Å²) in [4.78, 5) is 12.4. The first-order valence-electron chi connectivity index (χ1n) is 4.76. The summed E-state index contributed by atoms with van der Waals surface area (Å²) in [5.74, 6) is 6.23. The average molecular weight is 221 g/mol. The maximum Gasteiger partial charge on any atom is 0.162 e. The molecule has 0 bridgehead atoms. The maximum atomic E-state index is 10.7. The largest absolute Gasteiger partial charge is 0.387 e. The van der Waals surface area contributed by atoms with Crippen LogP contribution in [0.2, 0.25) is 0 Å². The number of aldehydes is 1. The molecule has 0 aromatic carbocycles. The molecule has 0 aliphatic rings. The SMILES string of the molecule is CNc1cc(C#CC(C)(C)C)sc1C=O. The Labute approximate surface area is 94.7 Å². The summed E-state index contributed by atoms with van der Waals surface area (Å²) in [5, 5.41) is 2.98. The molecule has 0 aliphatic heterocycles. The fourth-order valence-corrected chi connectivity index (χ4v) is 1.83. The highest BCUT2D eigenvalue weighted by Crippen LogP contribution is 2.24. The molecule has 0 saturated heterocycles. The number of hydrogen-bond donors (Lipinski definition) is 1. The first-order chi connectivity index (χ1) is 6.96. The van der Waals surface area contributed by atoms with Gasteiger partial charge in [-0.2, -0.15) is 0 Å². The van der Waals surface area contributed by atoms with Gasteiger partial charge in [0.25, 0.3) is 0 Å². The summed E-state index contributed by atoms with van der Waals surface area (Å²) < 4.78 is 0. The molecule has 0 radical (unpaired) electrons. The Morgan fingerprint density at radius 3 is 2.53 bits per heavy atom. The number of carbonyl (C=O) groups excluding carboxylic acids is 1. The lowest BCUT2D eigenvalue weighted by atomic mass is 9.98. The monoisotopic (exact) mass is 221 g/mol. The van der Waals surface area contributed by atoms with Crippen molar-refractivity contribution in [2.24, 2.45) is 5.41 Å². The van der Waals surface area contributed by atoms with Gasteiger partial charge in [-0.3, -0.25) is 4.79 Å². The predicted octanol–water partition coefficient (Wildman–Crippen LogP) is 3.00. The van der Waals surface area contributed by atoms with Gasteiger partial charge < -0.3 is 5.32 Å². The standard InChI is InChI=1S/C12H15NOS/c1-12(2,3)6-5-9-7-10(13-4)11(8-14)15-9/h7-8,13H,1-4H3. The topological polar surface area (TPSA) is 29.1 Å². The van der Waals surface area contributed by atoms with Crippen molar-refractivity contribution in [3.63, 3.8) is 0 Å². The highest BCUT2D eigenvalue weighted by molar-refractivity contribution is 7.14. The molecule has 1 rings (SSSR count). The van der Waals surface area contributed by atoms with E-state index >= 15 is 0 Å². The third kappa shape index (κ3) is 3.41. The van der Waals surface area contributed by atoms with E-state index in [-0.39, 0.29) is 5.41 Å². The van der Waals surface area contributed by atoms with E-state index in [2.05, 4.69) is 37.9 Å². The van der Waals surface area contributed by atoms with Crippen molar-refractivity contribution in [2.45, 2.75) is 20.8 Å². The lowest BCUT2D eigenvalue weighted by Crippen LogP contribution is -1.98. The third-order valence-corrected chi connectivity index (χ3v) is 2.67. The van der Waals surface area contributed by atoms with E-state index in [9.17, 15) is 4.79 Å². The number of rotatable bonds is 2. The van der Waals surface area contributed by atoms with Crippen molar-refractivity contribution in [2.75, 3.05) is 12.4 Å². The lowest BCUT2D eigenvalue weighted by Gasteiger charge is -2.06. The Bertz CT molecular complexity index is 415. The van der Waals surface area contributed by atoms with Crippen LogP contribution >= 0.6 is 11.3 Å². The second-order valence-electron chi connectivity index (χ2n) is 4.26. The number of nitrogens with one attached hydrogen (secondary N) is 1. The minimum atomic E-state index is -0.00879. The summed E-state index contributed by atoms with van der Waals surface area (Å²) >= 11 is 1.42. The van der Waals surface area contributed by atoms with Gasteiger partial charge in [-0.05, 0) is 26.8 Å². The summed E-state index contributed by atoms with van der Waals surface area (Å²) in [5.41, 5.74) is 0.846. The number of thiophene rings is 1. The summed E-state index contributed by atoms with van der Waals surface area (Å²) in [6, 6.07) is 1.91. The Kier molecular flexibility index (Phi) is 3.54. The van der Waals surface area contributed by atoms with Crippen LogP contribution in [0, 0.1) is 17.3 Å². The normalized spacial score (nSPS) is 10.4. The van der Waals surface area contributed by atoms with Crippen LogP contribution in [0.25, 0.3) is 0 Å². The fraction of sp³-hybridized carbons (Fsp3) is 0.417. The first kappa shape index (κ1) is 11.8. The van der Waals surface area contributed by atoms with Crippen LogP contribution in [0.1, 0.15) is 35.3 Å². The van der Waals surface area contributed by atoms with Crippen LogP contribution in [-0.4, -0.2) is 13.3 Å². The van der Waals surface area contributed by atoms with E-state index in [1.54, 1.807) is 7.05 Å². The molecule has 1 heterocycles. The van der Waals surface area contributed by atoms with Gasteiger partial charge in [0.05, 0.1) is 15.4 Å². The molecule has 0 saturated carbocycles. The van der Waals surface area contributed by atoms with Crippen molar-refractivity contribution in [3.05, 3.63) is 15.8 Å². The molecular weight excluding hydrogens is 206 g/mol. The Balaban J connectivity index is 3.01. The Morgan fingerprint density at radius 1 is 1.47 bits per heavy atom. The molecule has 0 fully saturated rings. The molecule has 80 valence electrons. The zero-order chi connectivity index (χ0) is 11.5. The average Bonchev–Trinajstić information content (AvgIpc) is 2.56. The predicted molar refractivity (Wildman–Crippen MR) is 65.6 cm³/mol. The first-order valence-corrected chi connectivity index (χ1v) is 5.58. The summed E-state index contributed by atoms with van der Waals surface area (Å²) in [7, 11) is 1.80. The van der Waals surface area contributed by atoms with Crippen molar-refractivity contribution in [1.82, 2.24) is 0 Å². The van der Waals surface area contributed by atoms with Gasteiger partial charge in [-0.15, -0.1) is 11.3 Å². The van der Waals surface area contributed by atoms with Crippen molar-refractivity contribution >= 4 is 23.3 Å². The minimum absolute atomic E-state index is 0.00879. The molecular formula is C12H15NOS. The highest BCUT2D eigenvalue weighted by Gasteiger charge is 2.07. The lowest BCUT2D eigenvalue weighted by molar-refractivity contribution is 0.112. The van der Waals surface area contributed by atoms with E-state index in [4.69, 9.17) is 0 Å². The Morgan fingerprint density at radius 2 is 2.13 bits per heavy atom. The maximum absolute atomic E-state index is 10.7. The van der Waals surface area contributed by atoms with Gasteiger partial charge in [0.2, 0.25) is 0 Å². The minimum Gasteiger partial charge on any atom is -0.387 e. The smallest absolute Gasteiger partial charge is 0.162 e. The molecule has 0 unspecified atom stereocenters. The molecule has 1 aromatic rings. The van der Waals surface area contributed by atoms with Crippen LogP contribution in [0.3, 0.4) is 0 Å². The fourth-order valence-electron chi connectivity index (χ4n) is 0.999. The van der Waals surface area contributed by atoms with Gasteiger partial charge in [0, 0.05) is 12.5 Å². The van der Waals surface area contributed by atoms with Crippen molar-refractivity contribution < 1.29 is 4.79 Å². The molecule has 0 amide bonds. The highest BCUT2D eigenvalue weighted by atomic mass is 32.1. The second kappa shape index (κ2) is 4.50. The molecule has 0 aliphatic carbocycles. The molecule has 15 heavy (non-hydrogen) atoms. The van der Waals surface area contributed by atoms with Gasteiger partial charge in [-0.25, -0.2) is 0 Å². The van der Waals surface area contributed by atoms with Gasteiger partial charge in [0.1, 0.15) is 0 Å². The quantitative estimate of drug-likeness (QED) is 0.614. The molecule has 1 N–H and O–H groups in total. The van der Waals surface area contributed by atoms with Crippen LogP contribution in [0.5, 0.6) is 0 Å². The summed E-state index contributed by atoms with van der Waals surface area (Å²) in [6.07, 6.45) is 0.860. The molecule has 0 spiro atoms. The van der Waals surface area contributed by atoms with Gasteiger partial charge in [-0.1, -0.05) is 11.8 Å². The van der Waals surface area contributed by atoms with Crippen LogP contribution in [-0.2, 0) is 0 Å². The third-order valence-electron chi connectivity index (χ3n) is 1.70. The number of hydrogen-bond acceptors (Lipinski definition) is 3. The van der Waals surface area contributed by atoms with Crippen molar-refractivity contribution in [1.29, 1.82) is 0 Å². The molecule has 0 atom stereocenters. The van der Waals surface area contributed by atoms with E-state index in [0.717, 1.165) is 16.9 Å². The van der Waals surface area contributed by atoms with E-state index < -0.39 is 0 Å². The molecule has 2 nitrogen and oxygen atoms in total. The van der Waals surface area contributed by atoms with Crippen LogP contribution in [0.15, 0.2) is 6.07 Å². The van der Waals surface area contributed by atoms with Crippen LogP contribution < -0.4 is 5.32 Å². The molecule has 1 aromatic heterocycles. The Hall–Kier alpha value is -1.27. The van der Waals surface area contributed by atoms with Gasteiger partial charge >= 0.3 is 0 Å². The number of carbonyl (C=O) groups is 1. The van der Waals surface area contributed by atoms with Gasteiger partial charge in [0.15, 0.2) is 6.29 Å². The zero-order valence-electron chi connectivity index (χ0n) is 9.47. The number of anilines is 1. The van der Waals surface area contributed by atoms with Crippen LogP contribution in [0.4, 0.5) is 5.69 Å². The zero-order valence-corrected chi connectivity index (χ0v) is 10.3. The van der Waals surface area contributed by atoms with E-state index in [1.165, 1.54) is 11.3 Å².